The second-order valence-corrected chi connectivity index (χ2v) is 13.0. The van der Waals surface area contributed by atoms with Crippen molar-refractivity contribution in [1.82, 2.24) is 0 Å². The van der Waals surface area contributed by atoms with Crippen LogP contribution in [0.5, 0.6) is 0 Å². The molecule has 1 aromatic carbocycles. The van der Waals surface area contributed by atoms with Gasteiger partial charge in [0.25, 0.3) is 0 Å². The molecule has 0 bridgehead atoms. The Morgan fingerprint density at radius 1 is 1.00 bits per heavy atom. The predicted octanol–water partition coefficient (Wildman–Crippen LogP) is 5.08. The molecule has 0 spiro atoms. The van der Waals surface area contributed by atoms with Crippen LogP contribution in [0.25, 0.3) is 0 Å². The molecule has 2 rings (SSSR count). The maximum absolute atomic E-state index is 6.11. The van der Waals surface area contributed by atoms with Crippen LogP contribution in [0.3, 0.4) is 0 Å². The minimum absolute atomic E-state index is 0.0368. The van der Waals surface area contributed by atoms with Crippen molar-refractivity contribution < 1.29 is 4.74 Å². The molecule has 106 valence electrons. The number of hydrogen-bond acceptors (Lipinski definition) is 1. The van der Waals surface area contributed by atoms with Crippen LogP contribution in [-0.4, -0.2) is 14.2 Å². The molecule has 1 aromatic rings. The lowest BCUT2D eigenvalue weighted by Crippen LogP contribution is -2.28. The van der Waals surface area contributed by atoms with Crippen LogP contribution in [0.4, 0.5) is 0 Å². The molecule has 0 N–H and O–H groups in total. The summed E-state index contributed by atoms with van der Waals surface area (Å²) in [6.45, 7) is 13.9. The average molecular weight is 276 g/mol. The zero-order valence-electron chi connectivity index (χ0n) is 13.3. The molecule has 1 atom stereocenters. The van der Waals surface area contributed by atoms with E-state index in [1.165, 1.54) is 24.0 Å². The minimum atomic E-state index is -1.11. The molecule has 1 saturated carbocycles. The van der Waals surface area contributed by atoms with Gasteiger partial charge in [-0.05, 0) is 43.4 Å². The Kier molecular flexibility index (Phi) is 3.94. The molecule has 1 aliphatic carbocycles. The Morgan fingerprint density at radius 3 is 1.89 bits per heavy atom. The Labute approximate surface area is 119 Å². The van der Waals surface area contributed by atoms with Gasteiger partial charge in [-0.1, -0.05) is 50.8 Å². The monoisotopic (exact) mass is 276 g/mol. The van der Waals surface area contributed by atoms with Crippen molar-refractivity contribution in [3.8, 4) is 0 Å². The summed E-state index contributed by atoms with van der Waals surface area (Å²) in [5.41, 5.74) is 3.61. The molecule has 1 aliphatic rings. The van der Waals surface area contributed by atoms with Crippen LogP contribution in [0, 0.1) is 0 Å². The first kappa shape index (κ1) is 14.8. The van der Waals surface area contributed by atoms with Crippen molar-refractivity contribution in [3.05, 3.63) is 35.4 Å². The topological polar surface area (TPSA) is 9.23 Å². The summed E-state index contributed by atoms with van der Waals surface area (Å²) in [5, 5.41) is 0. The molecule has 0 heterocycles. The molecule has 1 nitrogen and oxygen atoms in total. The molecule has 1 fully saturated rings. The second kappa shape index (κ2) is 5.06. The third-order valence-electron chi connectivity index (χ3n) is 4.40. The van der Waals surface area contributed by atoms with Crippen LogP contribution in [0.15, 0.2) is 24.3 Å². The lowest BCUT2D eigenvalue weighted by molar-refractivity contribution is -0.0143. The highest BCUT2D eigenvalue weighted by molar-refractivity contribution is 6.77. The number of benzene rings is 1. The van der Waals surface area contributed by atoms with Crippen molar-refractivity contribution in [2.45, 2.75) is 70.5 Å². The lowest BCUT2D eigenvalue weighted by atomic mass is 10.0. The highest BCUT2D eigenvalue weighted by atomic mass is 28.3. The second-order valence-electron chi connectivity index (χ2n) is 7.37. The largest absolute Gasteiger partial charge is 0.368 e. The van der Waals surface area contributed by atoms with Gasteiger partial charge in [-0.15, -0.1) is 0 Å². The molecular formula is C17H28OSi. The third kappa shape index (κ3) is 3.29. The van der Waals surface area contributed by atoms with Gasteiger partial charge in [-0.3, -0.25) is 0 Å². The molecule has 0 saturated heterocycles. The van der Waals surface area contributed by atoms with Gasteiger partial charge >= 0.3 is 0 Å². The standard InChI is InChI=1S/C17H28OSi/c1-13(2)18-17(11-12-17)16-9-7-15(8-10-16)14(3)19(4,5)6/h7-10,13-14H,11-12H2,1-6H3. The van der Waals surface area contributed by atoms with E-state index in [2.05, 4.69) is 64.7 Å². The van der Waals surface area contributed by atoms with Crippen LogP contribution in [-0.2, 0) is 10.3 Å². The van der Waals surface area contributed by atoms with E-state index in [1.807, 2.05) is 0 Å². The normalized spacial score (nSPS) is 19.5. The summed E-state index contributed by atoms with van der Waals surface area (Å²) < 4.78 is 6.11. The van der Waals surface area contributed by atoms with Crippen molar-refractivity contribution in [3.63, 3.8) is 0 Å². The summed E-state index contributed by atoms with van der Waals surface area (Å²) in [6, 6.07) is 9.23. The fourth-order valence-electron chi connectivity index (χ4n) is 2.61. The maximum Gasteiger partial charge on any atom is 0.0937 e. The van der Waals surface area contributed by atoms with Gasteiger partial charge in [-0.2, -0.15) is 0 Å². The smallest absolute Gasteiger partial charge is 0.0937 e. The Hall–Kier alpha value is -0.603. The molecule has 0 amide bonds. The van der Waals surface area contributed by atoms with Gasteiger partial charge in [0.1, 0.15) is 0 Å². The predicted molar refractivity (Wildman–Crippen MR) is 85.3 cm³/mol. The van der Waals surface area contributed by atoms with Gasteiger partial charge in [0.05, 0.1) is 19.8 Å². The average Bonchev–Trinajstić information content (AvgIpc) is 3.07. The fraction of sp³-hybridized carbons (Fsp3) is 0.647. The quantitative estimate of drug-likeness (QED) is 0.681. The van der Waals surface area contributed by atoms with E-state index in [0.717, 1.165) is 0 Å². The van der Waals surface area contributed by atoms with Crippen molar-refractivity contribution in [2.75, 3.05) is 0 Å². The van der Waals surface area contributed by atoms with Crippen LogP contribution < -0.4 is 0 Å². The van der Waals surface area contributed by atoms with Gasteiger partial charge < -0.3 is 4.74 Å². The summed E-state index contributed by atoms with van der Waals surface area (Å²) in [7, 11) is -1.11. The number of ether oxygens (including phenoxy) is 1. The summed E-state index contributed by atoms with van der Waals surface area (Å²) in [6.07, 6.45) is 2.66. The van der Waals surface area contributed by atoms with Crippen molar-refractivity contribution in [2.24, 2.45) is 0 Å². The molecule has 19 heavy (non-hydrogen) atoms. The van der Waals surface area contributed by atoms with Gasteiger partial charge in [0, 0.05) is 0 Å². The van der Waals surface area contributed by atoms with E-state index in [0.29, 0.717) is 11.6 Å². The van der Waals surface area contributed by atoms with Crippen LogP contribution in [0.2, 0.25) is 19.6 Å². The molecule has 0 aliphatic heterocycles. The van der Waals surface area contributed by atoms with Crippen LogP contribution >= 0.6 is 0 Å². The molecule has 0 aromatic heterocycles. The molecule has 0 radical (unpaired) electrons. The van der Waals surface area contributed by atoms with E-state index in [1.54, 1.807) is 0 Å². The lowest BCUT2D eigenvalue weighted by Gasteiger charge is -2.26. The van der Waals surface area contributed by atoms with E-state index >= 15 is 0 Å². The minimum Gasteiger partial charge on any atom is -0.368 e. The van der Waals surface area contributed by atoms with Gasteiger partial charge in [0.15, 0.2) is 0 Å². The molecule has 1 unspecified atom stereocenters. The molecular weight excluding hydrogens is 248 g/mol. The van der Waals surface area contributed by atoms with Crippen molar-refractivity contribution in [1.29, 1.82) is 0 Å². The van der Waals surface area contributed by atoms with Crippen molar-refractivity contribution >= 4 is 8.07 Å². The molecule has 2 heteroatoms. The van der Waals surface area contributed by atoms with E-state index in [9.17, 15) is 0 Å². The third-order valence-corrected chi connectivity index (χ3v) is 7.33. The number of rotatable bonds is 5. The Bertz CT molecular complexity index is 424. The maximum atomic E-state index is 6.11. The van der Waals surface area contributed by atoms with E-state index in [4.69, 9.17) is 4.74 Å². The zero-order chi connectivity index (χ0) is 14.3. The first-order valence-corrected chi connectivity index (χ1v) is 11.1. The Balaban J connectivity index is 2.15. The summed E-state index contributed by atoms with van der Waals surface area (Å²) in [5.74, 6) is 0. The first-order valence-electron chi connectivity index (χ1n) is 7.53. The first-order chi connectivity index (χ1) is 8.74. The van der Waals surface area contributed by atoms with E-state index in [-0.39, 0.29) is 5.60 Å². The van der Waals surface area contributed by atoms with Gasteiger partial charge in [-0.25, -0.2) is 0 Å². The van der Waals surface area contributed by atoms with E-state index < -0.39 is 8.07 Å². The van der Waals surface area contributed by atoms with Gasteiger partial charge in [0.2, 0.25) is 0 Å². The summed E-state index contributed by atoms with van der Waals surface area (Å²) in [4.78, 5) is 0. The SMILES string of the molecule is CC(C)OC1(c2ccc(C(C)[Si](C)(C)C)cc2)CC1. The number of hydrogen-bond donors (Lipinski definition) is 0. The fourth-order valence-corrected chi connectivity index (χ4v) is 3.81. The highest BCUT2D eigenvalue weighted by Crippen LogP contribution is 2.50. The Morgan fingerprint density at radius 2 is 1.53 bits per heavy atom. The zero-order valence-corrected chi connectivity index (χ0v) is 14.3. The highest BCUT2D eigenvalue weighted by Gasteiger charge is 2.46. The van der Waals surface area contributed by atoms with Crippen LogP contribution in [0.1, 0.15) is 50.3 Å². The summed E-state index contributed by atoms with van der Waals surface area (Å²) >= 11 is 0.